The Kier molecular flexibility index (Phi) is 4.26. The molecule has 3 fully saturated rings. The second kappa shape index (κ2) is 6.50. The summed E-state index contributed by atoms with van der Waals surface area (Å²) < 4.78 is 23.7. The van der Waals surface area contributed by atoms with Crippen molar-refractivity contribution in [3.63, 3.8) is 0 Å². The van der Waals surface area contributed by atoms with Crippen molar-refractivity contribution in [3.05, 3.63) is 47.8 Å². The minimum Gasteiger partial charge on any atom is -0.389 e. The van der Waals surface area contributed by atoms with Crippen molar-refractivity contribution >= 4 is 5.57 Å². The molecule has 2 aliphatic heterocycles. The van der Waals surface area contributed by atoms with Crippen molar-refractivity contribution in [1.29, 1.82) is 0 Å². The van der Waals surface area contributed by atoms with Crippen LogP contribution in [0.1, 0.15) is 51.0 Å². The van der Waals surface area contributed by atoms with Gasteiger partial charge in [0, 0.05) is 36.2 Å². The maximum atomic E-state index is 16.7. The number of aliphatic hydroxyl groups is 2. The van der Waals surface area contributed by atoms with E-state index in [-0.39, 0.29) is 23.8 Å². The highest BCUT2D eigenvalue weighted by Crippen LogP contribution is 2.70. The smallest absolute Gasteiger partial charge is 0.171 e. The van der Waals surface area contributed by atoms with Gasteiger partial charge < -0.3 is 19.8 Å². The highest BCUT2D eigenvalue weighted by molar-refractivity contribution is 5.73. The molecule has 1 aromatic heterocycles. The van der Waals surface area contributed by atoms with E-state index in [0.717, 1.165) is 30.4 Å². The number of likely N-dealkylation sites (N-methyl/N-ethyl adjacent to an activating group) is 1. The van der Waals surface area contributed by atoms with Crippen LogP contribution in [-0.4, -0.2) is 69.3 Å². The lowest BCUT2D eigenvalue weighted by molar-refractivity contribution is -0.282. The molecule has 2 bridgehead atoms. The molecular formula is C26H33FN2O3. The normalized spacial score (nSPS) is 49.2. The van der Waals surface area contributed by atoms with E-state index in [1.165, 1.54) is 5.57 Å². The molecule has 3 heterocycles. The number of rotatable bonds is 2. The standard InChI is InChI=1S/C26H33FN2O3/c1-23-9-8-17-13-26(27)22(31)21(30)19(29(2)3)14-24(26)10-11-25(17,32-24)20(23)7-6-18(23)16-5-4-12-28-15-16/h4-6,8,12,15,19-22,30-31H,7,9-11,13-14H2,1-3H3. The molecule has 8 unspecified atom stereocenters. The molecule has 0 aromatic carbocycles. The third kappa shape index (κ3) is 2.34. The molecule has 5 aliphatic rings. The Morgan fingerprint density at radius 2 is 2.03 bits per heavy atom. The molecule has 6 heteroatoms. The molecule has 172 valence electrons. The number of aliphatic hydroxyl groups excluding tert-OH is 2. The lowest BCUT2D eigenvalue weighted by atomic mass is 9.56. The topological polar surface area (TPSA) is 65.8 Å². The Balaban J connectivity index is 1.43. The summed E-state index contributed by atoms with van der Waals surface area (Å²) in [6.45, 7) is 2.32. The average molecular weight is 441 g/mol. The summed E-state index contributed by atoms with van der Waals surface area (Å²) in [5.41, 5.74) is -0.162. The van der Waals surface area contributed by atoms with E-state index >= 15 is 4.39 Å². The fourth-order valence-electron chi connectivity index (χ4n) is 7.95. The first-order valence-corrected chi connectivity index (χ1v) is 11.9. The van der Waals surface area contributed by atoms with Gasteiger partial charge in [-0.2, -0.15) is 0 Å². The third-order valence-electron chi connectivity index (χ3n) is 9.67. The zero-order chi connectivity index (χ0) is 22.5. The number of ether oxygens (including phenoxy) is 1. The number of halogens is 1. The van der Waals surface area contributed by atoms with Crippen molar-refractivity contribution in [2.45, 2.75) is 80.6 Å². The van der Waals surface area contributed by atoms with E-state index in [9.17, 15) is 10.2 Å². The lowest BCUT2D eigenvalue weighted by Gasteiger charge is -2.61. The Bertz CT molecular complexity index is 1010. The number of fused-ring (bicyclic) bond motifs is 1. The van der Waals surface area contributed by atoms with E-state index in [2.05, 4.69) is 30.1 Å². The highest BCUT2D eigenvalue weighted by atomic mass is 19.1. The van der Waals surface area contributed by atoms with Gasteiger partial charge in [0.25, 0.3) is 0 Å². The minimum atomic E-state index is -1.96. The fourth-order valence-corrected chi connectivity index (χ4v) is 7.95. The van der Waals surface area contributed by atoms with E-state index in [0.29, 0.717) is 12.8 Å². The first-order valence-electron chi connectivity index (χ1n) is 11.9. The van der Waals surface area contributed by atoms with E-state index in [1.54, 1.807) is 6.20 Å². The van der Waals surface area contributed by atoms with Gasteiger partial charge in [-0.15, -0.1) is 0 Å². The van der Waals surface area contributed by atoms with Crippen molar-refractivity contribution in [2.75, 3.05) is 14.1 Å². The van der Waals surface area contributed by atoms with Crippen LogP contribution in [0, 0.1) is 11.3 Å². The monoisotopic (exact) mass is 440 g/mol. The number of allylic oxidation sites excluding steroid dienone is 3. The molecule has 8 atom stereocenters. The Hall–Kier alpha value is -1.60. The van der Waals surface area contributed by atoms with Crippen molar-refractivity contribution in [2.24, 2.45) is 11.3 Å². The average Bonchev–Trinajstić information content (AvgIpc) is 3.31. The van der Waals surface area contributed by atoms with Crippen molar-refractivity contribution < 1.29 is 19.3 Å². The van der Waals surface area contributed by atoms with Crippen molar-refractivity contribution in [3.8, 4) is 0 Å². The Morgan fingerprint density at radius 1 is 1.22 bits per heavy atom. The number of nitrogens with zero attached hydrogens (tertiary/aromatic N) is 2. The van der Waals surface area contributed by atoms with Crippen LogP contribution in [0.25, 0.3) is 5.57 Å². The minimum absolute atomic E-state index is 0.0951. The maximum Gasteiger partial charge on any atom is 0.171 e. The van der Waals surface area contributed by atoms with Crippen LogP contribution >= 0.6 is 0 Å². The number of alkyl halides is 1. The molecule has 6 rings (SSSR count). The summed E-state index contributed by atoms with van der Waals surface area (Å²) in [6, 6.07) is 3.76. The van der Waals surface area contributed by atoms with Crippen LogP contribution in [0.2, 0.25) is 0 Å². The highest BCUT2D eigenvalue weighted by Gasteiger charge is 2.76. The summed E-state index contributed by atoms with van der Waals surface area (Å²) >= 11 is 0. The number of aromatic nitrogens is 1. The number of pyridine rings is 1. The molecule has 1 saturated carbocycles. The molecule has 0 amide bonds. The van der Waals surface area contributed by atoms with Gasteiger partial charge in [-0.05, 0) is 69.0 Å². The molecule has 2 saturated heterocycles. The molecule has 0 radical (unpaired) electrons. The molecule has 2 N–H and O–H groups in total. The van der Waals surface area contributed by atoms with Crippen LogP contribution in [0.15, 0.2) is 42.3 Å². The number of hydrogen-bond acceptors (Lipinski definition) is 5. The summed E-state index contributed by atoms with van der Waals surface area (Å²) in [6.07, 6.45) is 9.27. The van der Waals surface area contributed by atoms with Crippen LogP contribution in [-0.2, 0) is 4.74 Å². The van der Waals surface area contributed by atoms with E-state index in [4.69, 9.17) is 4.74 Å². The molecule has 3 aliphatic carbocycles. The molecule has 2 spiro atoms. The van der Waals surface area contributed by atoms with Gasteiger partial charge in [0.15, 0.2) is 5.67 Å². The largest absolute Gasteiger partial charge is 0.389 e. The molecule has 32 heavy (non-hydrogen) atoms. The van der Waals surface area contributed by atoms with Gasteiger partial charge in [0.1, 0.15) is 11.7 Å². The van der Waals surface area contributed by atoms with Gasteiger partial charge >= 0.3 is 0 Å². The summed E-state index contributed by atoms with van der Waals surface area (Å²) in [4.78, 5) is 6.23. The Labute approximate surface area is 189 Å². The zero-order valence-corrected chi connectivity index (χ0v) is 19.1. The molecular weight excluding hydrogens is 407 g/mol. The van der Waals surface area contributed by atoms with Crippen LogP contribution < -0.4 is 0 Å². The van der Waals surface area contributed by atoms with Crippen molar-refractivity contribution in [1.82, 2.24) is 9.88 Å². The van der Waals surface area contributed by atoms with Crippen LogP contribution in [0.3, 0.4) is 0 Å². The zero-order valence-electron chi connectivity index (χ0n) is 19.1. The van der Waals surface area contributed by atoms with Crippen LogP contribution in [0.4, 0.5) is 4.39 Å². The van der Waals surface area contributed by atoms with Gasteiger partial charge in [-0.25, -0.2) is 4.39 Å². The Morgan fingerprint density at radius 3 is 2.75 bits per heavy atom. The predicted octanol–water partition coefficient (Wildman–Crippen LogP) is 3.28. The first kappa shape index (κ1) is 21.0. The van der Waals surface area contributed by atoms with Gasteiger partial charge in [0.05, 0.1) is 11.7 Å². The lowest BCUT2D eigenvalue weighted by Crippen LogP contribution is -2.73. The van der Waals surface area contributed by atoms with Gasteiger partial charge in [0.2, 0.25) is 0 Å². The molecule has 5 nitrogen and oxygen atoms in total. The number of hydrogen-bond donors (Lipinski definition) is 2. The second-order valence-corrected chi connectivity index (χ2v) is 11.2. The van der Waals surface area contributed by atoms with E-state index < -0.39 is 29.1 Å². The first-order chi connectivity index (χ1) is 15.2. The third-order valence-corrected chi connectivity index (χ3v) is 9.67. The summed E-state index contributed by atoms with van der Waals surface area (Å²) in [7, 11) is 3.75. The van der Waals surface area contributed by atoms with Crippen LogP contribution in [0.5, 0.6) is 0 Å². The van der Waals surface area contributed by atoms with E-state index in [1.807, 2.05) is 31.3 Å². The van der Waals surface area contributed by atoms with Gasteiger partial charge in [-0.1, -0.05) is 25.1 Å². The quantitative estimate of drug-likeness (QED) is 0.691. The maximum absolute atomic E-state index is 16.7. The van der Waals surface area contributed by atoms with Gasteiger partial charge in [-0.3, -0.25) is 4.98 Å². The predicted molar refractivity (Wildman–Crippen MR) is 119 cm³/mol. The summed E-state index contributed by atoms with van der Waals surface area (Å²) in [5.74, 6) is 0.232. The molecule has 1 aromatic rings. The second-order valence-electron chi connectivity index (χ2n) is 11.2. The summed E-state index contributed by atoms with van der Waals surface area (Å²) in [5, 5.41) is 21.8. The SMILES string of the molecule is CN(C)C1CC23CCC4(O2)C(=CCC2(C)C(c5cccnc5)=CCC24)CC3(F)C(O)C1O. The fraction of sp³-hybridized carbons (Fsp3) is 0.654.